The van der Waals surface area contributed by atoms with Gasteiger partial charge in [-0.15, -0.1) is 0 Å². The molecule has 0 saturated heterocycles. The summed E-state index contributed by atoms with van der Waals surface area (Å²) < 4.78 is 5.64. The Bertz CT molecular complexity index is 262. The maximum absolute atomic E-state index is 11.8. The van der Waals surface area contributed by atoms with E-state index in [4.69, 9.17) is 4.43 Å². The molecule has 0 N–H and O–H groups in total. The van der Waals surface area contributed by atoms with Crippen molar-refractivity contribution in [3.05, 3.63) is 6.08 Å². The van der Waals surface area contributed by atoms with Crippen LogP contribution < -0.4 is 0 Å². The first-order chi connectivity index (χ1) is 7.40. The molecule has 0 rings (SSSR count). The predicted octanol–water partition coefficient (Wildman–Crippen LogP) is 2.74. The third-order valence-corrected chi connectivity index (χ3v) is 3.01. The van der Waals surface area contributed by atoms with Gasteiger partial charge >= 0.3 is 0 Å². The zero-order valence-corrected chi connectivity index (χ0v) is 11.7. The molecule has 4 heteroatoms. The van der Waals surface area contributed by atoms with Crippen LogP contribution in [0.2, 0.25) is 19.6 Å². The first-order valence-electron chi connectivity index (χ1n) is 5.82. The van der Waals surface area contributed by atoms with E-state index in [0.717, 1.165) is 19.3 Å². The molecule has 3 nitrogen and oxygen atoms in total. The maximum Gasteiger partial charge on any atom is 0.185 e. The van der Waals surface area contributed by atoms with Gasteiger partial charge in [-0.2, -0.15) is 0 Å². The van der Waals surface area contributed by atoms with Crippen LogP contribution in [0.3, 0.4) is 0 Å². The van der Waals surface area contributed by atoms with Crippen molar-refractivity contribution in [1.29, 1.82) is 0 Å². The van der Waals surface area contributed by atoms with Crippen LogP contribution in [-0.4, -0.2) is 26.1 Å². The normalized spacial score (nSPS) is 13.0. The lowest BCUT2D eigenvalue weighted by Crippen LogP contribution is -2.35. The van der Waals surface area contributed by atoms with Gasteiger partial charge in [-0.05, 0) is 26.1 Å². The number of unbranched alkanes of at least 4 members (excludes halogenated alkanes) is 2. The Morgan fingerprint density at radius 1 is 1.38 bits per heavy atom. The second-order valence-corrected chi connectivity index (χ2v) is 9.32. The molecule has 0 spiro atoms. The third-order valence-electron chi connectivity index (χ3n) is 2.04. The van der Waals surface area contributed by atoms with Crippen LogP contribution in [0.5, 0.6) is 0 Å². The molecule has 0 radical (unpaired) electrons. The highest BCUT2D eigenvalue weighted by molar-refractivity contribution is 6.69. The van der Waals surface area contributed by atoms with Gasteiger partial charge in [-0.25, -0.2) is 4.79 Å². The van der Waals surface area contributed by atoms with Gasteiger partial charge in [0.25, 0.3) is 0 Å². The molecule has 0 aromatic heterocycles. The molecule has 0 aliphatic heterocycles. The quantitative estimate of drug-likeness (QED) is 0.373. The van der Waals surface area contributed by atoms with E-state index in [1.807, 2.05) is 19.6 Å². The van der Waals surface area contributed by atoms with Crippen LogP contribution in [-0.2, 0) is 14.0 Å². The monoisotopic (exact) mass is 242 g/mol. The zero-order valence-electron chi connectivity index (χ0n) is 10.7. The lowest BCUT2D eigenvalue weighted by atomic mass is 10.1. The zero-order chi connectivity index (χ0) is 12.6. The Labute approximate surface area is 99.0 Å². The van der Waals surface area contributed by atoms with Crippen LogP contribution in [0.1, 0.15) is 32.6 Å². The summed E-state index contributed by atoms with van der Waals surface area (Å²) in [6, 6.07) is 0. The van der Waals surface area contributed by atoms with E-state index in [0.29, 0.717) is 6.42 Å². The van der Waals surface area contributed by atoms with Gasteiger partial charge in [-0.1, -0.05) is 19.8 Å². The molecule has 16 heavy (non-hydrogen) atoms. The fraction of sp³-hybridized carbons (Fsp3) is 0.750. The molecule has 0 aliphatic carbocycles. The molecule has 92 valence electrons. The Hall–Kier alpha value is -0.703. The second kappa shape index (κ2) is 7.55. The number of carbonyl (C=O) groups excluding carboxylic acids is 2. The average Bonchev–Trinajstić information content (AvgIpc) is 2.15. The number of ketones is 1. The van der Waals surface area contributed by atoms with Gasteiger partial charge in [0.2, 0.25) is 0 Å². The summed E-state index contributed by atoms with van der Waals surface area (Å²) in [5, 5.41) is 0. The number of hydrogen-bond acceptors (Lipinski definition) is 3. The van der Waals surface area contributed by atoms with Crippen LogP contribution in [0.15, 0.2) is 6.08 Å². The van der Waals surface area contributed by atoms with Crippen molar-refractivity contribution in [2.24, 2.45) is 0 Å². The molecule has 0 heterocycles. The minimum Gasteiger partial charge on any atom is -0.404 e. The molecule has 0 saturated carbocycles. The van der Waals surface area contributed by atoms with Crippen molar-refractivity contribution in [3.8, 4) is 0 Å². The van der Waals surface area contributed by atoms with Crippen LogP contribution in [0, 0.1) is 0 Å². The third kappa shape index (κ3) is 7.57. The first kappa shape index (κ1) is 15.3. The van der Waals surface area contributed by atoms with Crippen LogP contribution in [0.4, 0.5) is 0 Å². The van der Waals surface area contributed by atoms with E-state index >= 15 is 0 Å². The lowest BCUT2D eigenvalue weighted by Gasteiger charge is -2.22. The topological polar surface area (TPSA) is 43.4 Å². The van der Waals surface area contributed by atoms with E-state index in [1.165, 1.54) is 6.08 Å². The van der Waals surface area contributed by atoms with Crippen molar-refractivity contribution in [1.82, 2.24) is 0 Å². The second-order valence-electron chi connectivity index (χ2n) is 4.86. The van der Waals surface area contributed by atoms with Crippen molar-refractivity contribution in [2.45, 2.75) is 58.4 Å². The Morgan fingerprint density at radius 2 is 2.00 bits per heavy atom. The van der Waals surface area contributed by atoms with Crippen molar-refractivity contribution < 1.29 is 14.0 Å². The van der Waals surface area contributed by atoms with Gasteiger partial charge in [0.15, 0.2) is 14.1 Å². The summed E-state index contributed by atoms with van der Waals surface area (Å²) in [6.45, 7) is 8.08. The summed E-state index contributed by atoms with van der Waals surface area (Å²) in [6.07, 6.45) is 3.99. The summed E-state index contributed by atoms with van der Waals surface area (Å²) >= 11 is 0. The van der Waals surface area contributed by atoms with Crippen molar-refractivity contribution in [3.63, 3.8) is 0 Å². The van der Waals surface area contributed by atoms with Gasteiger partial charge in [0.1, 0.15) is 12.0 Å². The SMILES string of the molecule is CCCCCC(=O)C(C=C=O)O[Si](C)(C)C. The lowest BCUT2D eigenvalue weighted by molar-refractivity contribution is -0.124. The molecule has 0 bridgehead atoms. The summed E-state index contributed by atoms with van der Waals surface area (Å²) in [4.78, 5) is 22.1. The number of Topliss-reactive ketones (excluding diaryl/α,β-unsaturated/α-hetero) is 1. The van der Waals surface area contributed by atoms with Crippen molar-refractivity contribution in [2.75, 3.05) is 0 Å². The fourth-order valence-electron chi connectivity index (χ4n) is 1.33. The highest BCUT2D eigenvalue weighted by atomic mass is 28.4. The minimum absolute atomic E-state index is 0.000718. The molecular formula is C12H22O3Si. The Balaban J connectivity index is 4.30. The van der Waals surface area contributed by atoms with E-state index in [9.17, 15) is 9.59 Å². The summed E-state index contributed by atoms with van der Waals surface area (Å²) in [7, 11) is -1.80. The van der Waals surface area contributed by atoms with E-state index in [2.05, 4.69) is 6.92 Å². The molecule has 1 atom stereocenters. The maximum atomic E-state index is 11.8. The van der Waals surface area contributed by atoms with E-state index < -0.39 is 14.4 Å². The molecule has 0 aromatic carbocycles. The number of rotatable bonds is 8. The molecule has 0 fully saturated rings. The highest BCUT2D eigenvalue weighted by Gasteiger charge is 2.24. The first-order valence-corrected chi connectivity index (χ1v) is 9.23. The molecule has 0 aromatic rings. The molecule has 0 aliphatic rings. The van der Waals surface area contributed by atoms with Gasteiger partial charge in [-0.3, -0.25) is 4.79 Å². The summed E-state index contributed by atoms with van der Waals surface area (Å²) in [5.74, 6) is 1.66. The van der Waals surface area contributed by atoms with Crippen LogP contribution >= 0.6 is 0 Å². The number of hydrogen-bond donors (Lipinski definition) is 0. The molecule has 1 unspecified atom stereocenters. The van der Waals surface area contributed by atoms with E-state index in [-0.39, 0.29) is 5.78 Å². The Morgan fingerprint density at radius 3 is 2.44 bits per heavy atom. The van der Waals surface area contributed by atoms with E-state index in [1.54, 1.807) is 5.94 Å². The predicted molar refractivity (Wildman–Crippen MR) is 67.6 cm³/mol. The largest absolute Gasteiger partial charge is 0.404 e. The van der Waals surface area contributed by atoms with Gasteiger partial charge in [0, 0.05) is 12.5 Å². The highest BCUT2D eigenvalue weighted by Crippen LogP contribution is 2.12. The van der Waals surface area contributed by atoms with Crippen molar-refractivity contribution >= 4 is 20.0 Å². The molecule has 0 amide bonds. The fourth-order valence-corrected chi connectivity index (χ4v) is 2.29. The smallest absolute Gasteiger partial charge is 0.185 e. The summed E-state index contributed by atoms with van der Waals surface area (Å²) in [5.41, 5.74) is 0. The van der Waals surface area contributed by atoms with Gasteiger partial charge in [0.05, 0.1) is 0 Å². The Kier molecular flexibility index (Phi) is 7.22. The van der Waals surface area contributed by atoms with Crippen LogP contribution in [0.25, 0.3) is 0 Å². The average molecular weight is 242 g/mol. The molecular weight excluding hydrogens is 220 g/mol. The minimum atomic E-state index is -1.80. The number of carbonyl (C=O) groups is 1. The van der Waals surface area contributed by atoms with Gasteiger partial charge < -0.3 is 4.43 Å². The standard InChI is InChI=1S/C12H22O3Si/c1-5-6-7-8-11(14)12(9-10-13)15-16(2,3)4/h9,12H,5-8H2,1-4H3.